The van der Waals surface area contributed by atoms with Gasteiger partial charge in [0, 0.05) is 12.0 Å². The Balaban J connectivity index is 1.64. The molecule has 1 saturated heterocycles. The summed E-state index contributed by atoms with van der Waals surface area (Å²) >= 11 is 17.8. The second-order valence-corrected chi connectivity index (χ2v) is 9.09. The van der Waals surface area contributed by atoms with Gasteiger partial charge in [-0.15, -0.1) is 0 Å². The maximum absolute atomic E-state index is 15.1. The molecule has 33 heavy (non-hydrogen) atoms. The van der Waals surface area contributed by atoms with Crippen LogP contribution in [0.5, 0.6) is 0 Å². The van der Waals surface area contributed by atoms with Gasteiger partial charge in [-0.05, 0) is 29.3 Å². The average molecular weight is 524 g/mol. The first-order valence-electron chi connectivity index (χ1n) is 9.86. The Morgan fingerprint density at radius 2 is 1.67 bits per heavy atom. The lowest BCUT2D eigenvalue weighted by Gasteiger charge is -2.44. The number of likely N-dealkylation sites (tertiary alicyclic amines) is 1. The van der Waals surface area contributed by atoms with Gasteiger partial charge in [0.05, 0.1) is 33.9 Å². The van der Waals surface area contributed by atoms with Crippen molar-refractivity contribution in [3.8, 4) is 0 Å². The van der Waals surface area contributed by atoms with Gasteiger partial charge in [0.2, 0.25) is 11.5 Å². The van der Waals surface area contributed by atoms with E-state index < -0.39 is 17.4 Å². The first kappa shape index (κ1) is 24.1. The third-order valence-electron chi connectivity index (χ3n) is 5.75. The van der Waals surface area contributed by atoms with Crippen LogP contribution < -0.4 is 5.48 Å². The molecule has 2 aromatic rings. The Morgan fingerprint density at radius 3 is 2.18 bits per heavy atom. The second kappa shape index (κ2) is 8.34. The Bertz CT molecular complexity index is 1110. The van der Waals surface area contributed by atoms with E-state index in [1.54, 1.807) is 6.92 Å². The lowest BCUT2D eigenvalue weighted by atomic mass is 9.86. The van der Waals surface area contributed by atoms with E-state index in [0.717, 1.165) is 18.2 Å². The van der Waals surface area contributed by atoms with Crippen LogP contribution in [0.15, 0.2) is 42.5 Å². The Morgan fingerprint density at radius 1 is 1.09 bits per heavy atom. The molecule has 0 aliphatic carbocycles. The number of amides is 1. The van der Waals surface area contributed by atoms with Gasteiger partial charge in [-0.25, -0.2) is 4.39 Å². The van der Waals surface area contributed by atoms with Crippen LogP contribution in [0.25, 0.3) is 5.70 Å². The van der Waals surface area contributed by atoms with E-state index in [0.29, 0.717) is 17.5 Å². The first-order valence-corrected chi connectivity index (χ1v) is 11.0. The molecule has 1 amide bonds. The number of benzene rings is 2. The van der Waals surface area contributed by atoms with Crippen molar-refractivity contribution < 1.29 is 27.2 Å². The molecular formula is C22H17Cl3F4N2O2. The van der Waals surface area contributed by atoms with Crippen LogP contribution in [0.4, 0.5) is 17.6 Å². The van der Waals surface area contributed by atoms with E-state index in [9.17, 15) is 18.0 Å². The monoisotopic (exact) mass is 522 g/mol. The Labute approximate surface area is 202 Å². The molecule has 0 bridgehead atoms. The van der Waals surface area contributed by atoms with Crippen LogP contribution in [-0.2, 0) is 20.9 Å². The Hall–Kier alpha value is -2.00. The number of nitrogens with zero attached hydrogens (tertiary/aromatic N) is 1. The normalized spacial score (nSPS) is 21.9. The minimum atomic E-state index is -4.87. The first-order chi connectivity index (χ1) is 15.4. The highest BCUT2D eigenvalue weighted by Gasteiger charge is 2.60. The van der Waals surface area contributed by atoms with Crippen LogP contribution in [0, 0.1) is 0 Å². The fourth-order valence-electron chi connectivity index (χ4n) is 3.85. The fraction of sp³-hybridized carbons (Fsp3) is 0.318. The molecule has 4 nitrogen and oxygen atoms in total. The maximum Gasteiger partial charge on any atom is 0.428 e. The number of hydrogen-bond donors (Lipinski definition) is 1. The van der Waals surface area contributed by atoms with Crippen molar-refractivity contribution in [2.45, 2.75) is 30.8 Å². The van der Waals surface area contributed by atoms with Gasteiger partial charge >= 0.3 is 6.18 Å². The van der Waals surface area contributed by atoms with Crippen LogP contribution in [-0.4, -0.2) is 30.1 Å². The molecular weight excluding hydrogens is 507 g/mol. The highest BCUT2D eigenvalue weighted by molar-refractivity contribution is 6.48. The summed E-state index contributed by atoms with van der Waals surface area (Å²) in [5, 5.41) is -0.371. The third-order valence-corrected chi connectivity index (χ3v) is 6.95. The third kappa shape index (κ3) is 4.07. The summed E-state index contributed by atoms with van der Waals surface area (Å²) in [5.41, 5.74) is -1.88. The van der Waals surface area contributed by atoms with Gasteiger partial charge in [-0.2, -0.15) is 13.2 Å². The molecule has 2 aliphatic rings. The largest absolute Gasteiger partial charge is 0.428 e. The molecule has 1 unspecified atom stereocenters. The van der Waals surface area contributed by atoms with Crippen molar-refractivity contribution in [1.82, 2.24) is 10.4 Å². The molecule has 0 spiro atoms. The smallest absolute Gasteiger partial charge is 0.335 e. The molecule has 176 valence electrons. The lowest BCUT2D eigenvalue weighted by Crippen LogP contribution is -2.58. The molecule has 0 saturated carbocycles. The van der Waals surface area contributed by atoms with E-state index in [1.807, 2.05) is 0 Å². The number of carbonyl (C=O) groups is 1. The summed E-state index contributed by atoms with van der Waals surface area (Å²) in [7, 11) is 0. The van der Waals surface area contributed by atoms with E-state index in [1.165, 1.54) is 29.2 Å². The van der Waals surface area contributed by atoms with Crippen molar-refractivity contribution >= 4 is 46.4 Å². The number of hydroxylamine groups is 1. The SMILES string of the molecule is CCC(=O)N1CC(F)(c2ccc(C3=CC(c4cc(Cl)c(Cl)c(Cl)c4)(C(F)(F)F)ON3)cc2)C1. The molecule has 2 aliphatic heterocycles. The zero-order valence-corrected chi connectivity index (χ0v) is 19.3. The van der Waals surface area contributed by atoms with E-state index in [2.05, 4.69) is 5.48 Å². The fourth-order valence-corrected chi connectivity index (χ4v) is 4.44. The number of rotatable bonds is 4. The molecule has 1 N–H and O–H groups in total. The number of nitrogens with one attached hydrogen (secondary N) is 1. The van der Waals surface area contributed by atoms with Gasteiger partial charge < -0.3 is 4.90 Å². The minimum absolute atomic E-state index is 0.0328. The van der Waals surface area contributed by atoms with Gasteiger partial charge in [-0.1, -0.05) is 66.0 Å². The van der Waals surface area contributed by atoms with Crippen molar-refractivity contribution in [1.29, 1.82) is 0 Å². The molecule has 0 aromatic heterocycles. The van der Waals surface area contributed by atoms with Gasteiger partial charge in [0.15, 0.2) is 5.67 Å². The predicted molar refractivity (Wildman–Crippen MR) is 118 cm³/mol. The highest BCUT2D eigenvalue weighted by atomic mass is 35.5. The quantitative estimate of drug-likeness (QED) is 0.373. The molecule has 1 fully saturated rings. The van der Waals surface area contributed by atoms with Gasteiger partial charge in [0.25, 0.3) is 0 Å². The van der Waals surface area contributed by atoms with E-state index >= 15 is 4.39 Å². The molecule has 4 rings (SSSR count). The summed E-state index contributed by atoms with van der Waals surface area (Å²) < 4.78 is 57.5. The van der Waals surface area contributed by atoms with Crippen molar-refractivity contribution in [3.05, 3.63) is 74.2 Å². The highest BCUT2D eigenvalue weighted by Crippen LogP contribution is 2.49. The van der Waals surface area contributed by atoms with Crippen molar-refractivity contribution in [3.63, 3.8) is 0 Å². The average Bonchev–Trinajstić information content (AvgIpc) is 3.21. The standard InChI is InChI=1S/C22H17Cl3F4N2O2/c1-2-18(32)31-10-20(26,11-31)13-5-3-12(4-6-13)17-9-21(33-30-17,22(27,28)29)14-7-15(23)19(25)16(24)8-14/h3-9,30H,2,10-11H2,1H3. The molecule has 1 atom stereocenters. The van der Waals surface area contributed by atoms with E-state index in [4.69, 9.17) is 39.6 Å². The predicted octanol–water partition coefficient (Wildman–Crippen LogP) is 6.40. The van der Waals surface area contributed by atoms with Crippen molar-refractivity contribution in [2.75, 3.05) is 13.1 Å². The number of halogens is 7. The number of carbonyl (C=O) groups excluding carboxylic acids is 1. The zero-order chi connectivity index (χ0) is 24.2. The summed E-state index contributed by atoms with van der Waals surface area (Å²) in [6.07, 6.45) is -3.71. The topological polar surface area (TPSA) is 41.6 Å². The van der Waals surface area contributed by atoms with Crippen LogP contribution in [0.2, 0.25) is 15.1 Å². The summed E-state index contributed by atoms with van der Waals surface area (Å²) in [6, 6.07) is 8.01. The van der Waals surface area contributed by atoms with Crippen molar-refractivity contribution in [2.24, 2.45) is 0 Å². The van der Waals surface area contributed by atoms with Gasteiger partial charge in [0.1, 0.15) is 0 Å². The second-order valence-electron chi connectivity index (χ2n) is 7.90. The van der Waals surface area contributed by atoms with Crippen LogP contribution in [0.1, 0.15) is 30.0 Å². The number of alkyl halides is 4. The summed E-state index contributed by atoms with van der Waals surface area (Å²) in [5.74, 6) is -0.136. The summed E-state index contributed by atoms with van der Waals surface area (Å²) in [6.45, 7) is 1.59. The lowest BCUT2D eigenvalue weighted by molar-refractivity contribution is -0.269. The molecule has 2 aromatic carbocycles. The Kier molecular flexibility index (Phi) is 6.10. The minimum Gasteiger partial charge on any atom is -0.335 e. The summed E-state index contributed by atoms with van der Waals surface area (Å²) in [4.78, 5) is 18.1. The van der Waals surface area contributed by atoms with Crippen LogP contribution in [0.3, 0.4) is 0 Å². The molecule has 11 heteroatoms. The molecule has 2 heterocycles. The molecule has 0 radical (unpaired) electrons. The van der Waals surface area contributed by atoms with Crippen LogP contribution >= 0.6 is 34.8 Å². The van der Waals surface area contributed by atoms with Gasteiger partial charge in [-0.3, -0.25) is 15.1 Å². The maximum atomic E-state index is 15.1. The zero-order valence-electron chi connectivity index (χ0n) is 17.1. The number of hydrogen-bond acceptors (Lipinski definition) is 3. The van der Waals surface area contributed by atoms with E-state index in [-0.39, 0.29) is 45.3 Å².